The monoisotopic (exact) mass is 324 g/mol. The van der Waals surface area contributed by atoms with Gasteiger partial charge in [-0.2, -0.15) is 0 Å². The Hall–Kier alpha value is -1.69. The summed E-state index contributed by atoms with van der Waals surface area (Å²) in [7, 11) is 0. The van der Waals surface area contributed by atoms with Gasteiger partial charge in [-0.1, -0.05) is 6.08 Å². The van der Waals surface area contributed by atoms with Crippen molar-refractivity contribution in [3.8, 4) is 0 Å². The first kappa shape index (κ1) is 17.7. The second kappa shape index (κ2) is 5.74. The average molecular weight is 324 g/mol. The molecule has 0 N–H and O–H groups in total. The molecule has 0 unspecified atom stereocenters. The van der Waals surface area contributed by atoms with Gasteiger partial charge in [0, 0.05) is 0 Å². The van der Waals surface area contributed by atoms with Crippen LogP contribution in [0.25, 0.3) is 0 Å². The average Bonchev–Trinajstić information content (AvgIpc) is 2.65. The molecule has 6 nitrogen and oxygen atoms in total. The van der Waals surface area contributed by atoms with Gasteiger partial charge in [-0.05, 0) is 47.6 Å². The summed E-state index contributed by atoms with van der Waals surface area (Å²) in [6.07, 6.45) is 1.24. The fourth-order valence-corrected chi connectivity index (χ4v) is 2.72. The van der Waals surface area contributed by atoms with Gasteiger partial charge in [-0.25, -0.2) is 0 Å². The molecule has 0 spiro atoms. The van der Waals surface area contributed by atoms with E-state index in [1.165, 1.54) is 12.2 Å². The summed E-state index contributed by atoms with van der Waals surface area (Å²) >= 11 is 0. The summed E-state index contributed by atoms with van der Waals surface area (Å²) in [6.45, 7) is 10.4. The molecule has 0 aromatic heterocycles. The number of carbonyl (C=O) groups excluding carboxylic acids is 3. The molecular formula is C17H24O6. The maximum Gasteiger partial charge on any atom is 0.313 e. The van der Waals surface area contributed by atoms with Gasteiger partial charge in [-0.15, -0.1) is 0 Å². The third kappa shape index (κ3) is 3.99. The van der Waals surface area contributed by atoms with Crippen LogP contribution in [0.1, 0.15) is 41.5 Å². The van der Waals surface area contributed by atoms with Crippen LogP contribution in [-0.4, -0.2) is 41.1 Å². The van der Waals surface area contributed by atoms with E-state index in [1.807, 2.05) is 0 Å². The van der Waals surface area contributed by atoms with Crippen LogP contribution in [0.4, 0.5) is 0 Å². The van der Waals surface area contributed by atoms with Gasteiger partial charge < -0.3 is 14.2 Å². The lowest BCUT2D eigenvalue weighted by Crippen LogP contribution is -2.42. The van der Waals surface area contributed by atoms with Crippen LogP contribution in [0.3, 0.4) is 0 Å². The molecule has 2 bridgehead atoms. The Bertz CT molecular complexity index is 548. The number of fused-ring (bicyclic) bond motifs is 2. The van der Waals surface area contributed by atoms with Crippen molar-refractivity contribution in [2.45, 2.75) is 65.0 Å². The number of ketones is 1. The molecule has 0 aliphatic carbocycles. The van der Waals surface area contributed by atoms with Crippen LogP contribution < -0.4 is 0 Å². The van der Waals surface area contributed by atoms with Gasteiger partial charge in [0.15, 0.2) is 5.78 Å². The van der Waals surface area contributed by atoms with Crippen LogP contribution in [0.15, 0.2) is 12.2 Å². The molecule has 6 heteroatoms. The van der Waals surface area contributed by atoms with Crippen LogP contribution >= 0.6 is 0 Å². The topological polar surface area (TPSA) is 78.9 Å². The van der Waals surface area contributed by atoms with E-state index in [1.54, 1.807) is 41.5 Å². The summed E-state index contributed by atoms with van der Waals surface area (Å²) < 4.78 is 16.4. The van der Waals surface area contributed by atoms with Crippen LogP contribution in [0.2, 0.25) is 0 Å². The SMILES string of the molecule is CC(C)(C)OC(=O)[C@@H]1[C@@H](C(=O)OC(C)(C)C)[C@H]2O[C@@H]1C=CC2=O. The number of hydrogen-bond acceptors (Lipinski definition) is 6. The first-order valence-corrected chi connectivity index (χ1v) is 7.72. The zero-order valence-corrected chi connectivity index (χ0v) is 14.4. The smallest absolute Gasteiger partial charge is 0.313 e. The Morgan fingerprint density at radius 2 is 1.43 bits per heavy atom. The van der Waals surface area contributed by atoms with Crippen LogP contribution in [0, 0.1) is 11.8 Å². The van der Waals surface area contributed by atoms with E-state index in [-0.39, 0.29) is 5.78 Å². The number of esters is 2. The molecule has 1 saturated heterocycles. The number of rotatable bonds is 2. The highest BCUT2D eigenvalue weighted by Gasteiger charge is 2.57. The van der Waals surface area contributed by atoms with Gasteiger partial charge >= 0.3 is 11.9 Å². The molecule has 2 heterocycles. The molecule has 0 aromatic carbocycles. The molecule has 4 atom stereocenters. The van der Waals surface area contributed by atoms with E-state index < -0.39 is 47.2 Å². The van der Waals surface area contributed by atoms with Gasteiger partial charge in [0.25, 0.3) is 0 Å². The zero-order chi connectivity index (χ0) is 17.6. The second-order valence-corrected chi connectivity index (χ2v) is 7.90. The Kier molecular flexibility index (Phi) is 4.41. The zero-order valence-electron chi connectivity index (χ0n) is 14.4. The Morgan fingerprint density at radius 1 is 0.957 bits per heavy atom. The van der Waals surface area contributed by atoms with Crippen molar-refractivity contribution < 1.29 is 28.6 Å². The van der Waals surface area contributed by atoms with Gasteiger partial charge in [0.1, 0.15) is 29.1 Å². The quantitative estimate of drug-likeness (QED) is 0.721. The highest BCUT2D eigenvalue weighted by Crippen LogP contribution is 2.40. The predicted octanol–water partition coefficient (Wildman–Crippen LogP) is 1.81. The molecular weight excluding hydrogens is 300 g/mol. The number of hydrogen-bond donors (Lipinski definition) is 0. The minimum Gasteiger partial charge on any atom is -0.460 e. The van der Waals surface area contributed by atoms with Gasteiger partial charge in [0.05, 0.1) is 6.10 Å². The summed E-state index contributed by atoms with van der Waals surface area (Å²) in [6, 6.07) is 0. The van der Waals surface area contributed by atoms with Crippen molar-refractivity contribution in [3.05, 3.63) is 12.2 Å². The molecule has 0 saturated carbocycles. The lowest BCUT2D eigenvalue weighted by atomic mass is 9.87. The minimum absolute atomic E-state index is 0.330. The fraction of sp³-hybridized carbons (Fsp3) is 0.706. The summed E-state index contributed by atoms with van der Waals surface area (Å²) in [5.74, 6) is -3.37. The Morgan fingerprint density at radius 3 is 1.91 bits per heavy atom. The molecule has 0 radical (unpaired) electrons. The van der Waals surface area contributed by atoms with Crippen molar-refractivity contribution in [3.63, 3.8) is 0 Å². The third-order valence-electron chi connectivity index (χ3n) is 3.46. The third-order valence-corrected chi connectivity index (χ3v) is 3.46. The van der Waals surface area contributed by atoms with Crippen molar-refractivity contribution >= 4 is 17.7 Å². The van der Waals surface area contributed by atoms with Gasteiger partial charge in [0.2, 0.25) is 0 Å². The standard InChI is InChI=1S/C17H24O6/c1-16(2,3)22-14(19)11-10-8-7-9(18)13(21-10)12(11)15(20)23-17(4,5)6/h7-8,10-13H,1-6H3/t10-,11+,12-,13+/m1/s1. The second-order valence-electron chi connectivity index (χ2n) is 7.90. The Balaban J connectivity index is 2.30. The predicted molar refractivity (Wildman–Crippen MR) is 81.5 cm³/mol. The molecule has 0 aromatic rings. The van der Waals surface area contributed by atoms with Crippen molar-refractivity contribution in [2.75, 3.05) is 0 Å². The molecule has 2 aliphatic rings. The first-order valence-electron chi connectivity index (χ1n) is 7.72. The molecule has 2 rings (SSSR count). The Labute approximate surface area is 136 Å². The molecule has 0 amide bonds. The van der Waals surface area contributed by atoms with Gasteiger partial charge in [-0.3, -0.25) is 14.4 Å². The molecule has 1 fully saturated rings. The summed E-state index contributed by atoms with van der Waals surface area (Å²) in [5.41, 5.74) is -1.41. The lowest BCUT2D eigenvalue weighted by Gasteiger charge is -2.27. The summed E-state index contributed by atoms with van der Waals surface area (Å²) in [5, 5.41) is 0. The number of ether oxygens (including phenoxy) is 3. The van der Waals surface area contributed by atoms with E-state index >= 15 is 0 Å². The summed E-state index contributed by atoms with van der Waals surface area (Å²) in [4.78, 5) is 37.1. The molecule has 128 valence electrons. The van der Waals surface area contributed by atoms with E-state index in [0.29, 0.717) is 0 Å². The maximum atomic E-state index is 12.5. The lowest BCUT2D eigenvalue weighted by molar-refractivity contribution is -0.172. The highest BCUT2D eigenvalue weighted by molar-refractivity contribution is 6.00. The largest absolute Gasteiger partial charge is 0.460 e. The van der Waals surface area contributed by atoms with E-state index in [4.69, 9.17) is 14.2 Å². The first-order chi connectivity index (χ1) is 10.4. The molecule has 2 aliphatic heterocycles. The van der Waals surface area contributed by atoms with E-state index in [0.717, 1.165) is 0 Å². The minimum atomic E-state index is -0.989. The van der Waals surface area contributed by atoms with E-state index in [9.17, 15) is 14.4 Å². The van der Waals surface area contributed by atoms with Crippen molar-refractivity contribution in [1.82, 2.24) is 0 Å². The maximum absolute atomic E-state index is 12.5. The normalized spacial score (nSPS) is 30.3. The van der Waals surface area contributed by atoms with Crippen LogP contribution in [-0.2, 0) is 28.6 Å². The van der Waals surface area contributed by atoms with Crippen molar-refractivity contribution in [1.29, 1.82) is 0 Å². The van der Waals surface area contributed by atoms with E-state index in [2.05, 4.69) is 0 Å². The van der Waals surface area contributed by atoms with Crippen molar-refractivity contribution in [2.24, 2.45) is 11.8 Å². The highest BCUT2D eigenvalue weighted by atomic mass is 16.6. The molecule has 23 heavy (non-hydrogen) atoms. The van der Waals surface area contributed by atoms with Crippen LogP contribution in [0.5, 0.6) is 0 Å². The fourth-order valence-electron chi connectivity index (χ4n) is 2.72. The number of carbonyl (C=O) groups is 3.